The smallest absolute Gasteiger partial charge is 0.256 e. The molecule has 1 heterocycles. The Morgan fingerprint density at radius 2 is 1.95 bits per heavy atom. The number of nitrogens with one attached hydrogen (secondary N) is 1. The van der Waals surface area contributed by atoms with Gasteiger partial charge >= 0.3 is 0 Å². The lowest BCUT2D eigenvalue weighted by atomic mass is 9.96. The molecule has 0 unspecified atom stereocenters. The van der Waals surface area contributed by atoms with Crippen LogP contribution in [0.1, 0.15) is 39.2 Å². The van der Waals surface area contributed by atoms with Crippen molar-refractivity contribution in [3.8, 4) is 6.07 Å². The Kier molecular flexibility index (Phi) is 4.09. The van der Waals surface area contributed by atoms with E-state index in [2.05, 4.69) is 27.3 Å². The van der Waals surface area contributed by atoms with Crippen molar-refractivity contribution in [3.63, 3.8) is 0 Å². The number of nitrogens with zero attached hydrogens (tertiary/aromatic N) is 1. The maximum atomic E-state index is 12.3. The Bertz CT molecular complexity index is 728. The number of carbonyl (C=O) groups excluding carboxylic acids is 1. The molecule has 0 fully saturated rings. The van der Waals surface area contributed by atoms with Crippen LogP contribution in [0.2, 0.25) is 0 Å². The molecule has 5 heteroatoms. The van der Waals surface area contributed by atoms with Crippen molar-refractivity contribution < 1.29 is 4.79 Å². The van der Waals surface area contributed by atoms with Crippen LogP contribution in [0.25, 0.3) is 0 Å². The quantitative estimate of drug-likeness (QED) is 0.856. The number of benzene rings is 1. The standard InChI is InChI=1S/C16H13BrN2OS/c17-11-7-5-10(6-8-11)15(20)19-16-13(9-18)12-3-1-2-4-14(12)21-16/h5-8H,1-4H2,(H,19,20). The summed E-state index contributed by atoms with van der Waals surface area (Å²) in [5.74, 6) is -0.169. The molecule has 106 valence electrons. The molecule has 1 aromatic heterocycles. The zero-order chi connectivity index (χ0) is 14.8. The fraction of sp³-hybridized carbons (Fsp3) is 0.250. The van der Waals surface area contributed by atoms with Gasteiger partial charge in [0.25, 0.3) is 5.91 Å². The number of thiophene rings is 1. The number of nitriles is 1. The van der Waals surface area contributed by atoms with E-state index in [4.69, 9.17) is 0 Å². The van der Waals surface area contributed by atoms with Crippen LogP contribution in [0.5, 0.6) is 0 Å². The molecule has 2 aromatic rings. The maximum absolute atomic E-state index is 12.3. The van der Waals surface area contributed by atoms with E-state index >= 15 is 0 Å². The monoisotopic (exact) mass is 360 g/mol. The van der Waals surface area contributed by atoms with Gasteiger partial charge < -0.3 is 5.32 Å². The van der Waals surface area contributed by atoms with Gasteiger partial charge in [0.05, 0.1) is 5.56 Å². The first-order valence-corrected chi connectivity index (χ1v) is 8.41. The SMILES string of the molecule is N#Cc1c(NC(=O)c2ccc(Br)cc2)sc2c1CCCC2. The van der Waals surface area contributed by atoms with Gasteiger partial charge in [-0.05, 0) is 55.5 Å². The first-order valence-electron chi connectivity index (χ1n) is 6.80. The lowest BCUT2D eigenvalue weighted by Gasteiger charge is -2.09. The summed E-state index contributed by atoms with van der Waals surface area (Å²) >= 11 is 4.90. The summed E-state index contributed by atoms with van der Waals surface area (Å²) in [7, 11) is 0. The fourth-order valence-electron chi connectivity index (χ4n) is 2.55. The molecule has 0 spiro atoms. The predicted octanol–water partition coefficient (Wildman–Crippen LogP) is 4.51. The van der Waals surface area contributed by atoms with Crippen LogP contribution in [-0.2, 0) is 12.8 Å². The highest BCUT2D eigenvalue weighted by Gasteiger charge is 2.22. The van der Waals surface area contributed by atoms with E-state index < -0.39 is 0 Å². The zero-order valence-electron chi connectivity index (χ0n) is 11.3. The highest BCUT2D eigenvalue weighted by Crippen LogP contribution is 2.37. The van der Waals surface area contributed by atoms with Crippen molar-refractivity contribution in [2.75, 3.05) is 5.32 Å². The van der Waals surface area contributed by atoms with Gasteiger partial charge in [0, 0.05) is 14.9 Å². The molecule has 21 heavy (non-hydrogen) atoms. The largest absolute Gasteiger partial charge is 0.312 e. The third-order valence-electron chi connectivity index (χ3n) is 3.62. The summed E-state index contributed by atoms with van der Waals surface area (Å²) in [6.07, 6.45) is 4.25. The molecule has 0 saturated heterocycles. The lowest BCUT2D eigenvalue weighted by Crippen LogP contribution is -2.11. The molecule has 1 N–H and O–H groups in total. The Balaban J connectivity index is 1.88. The summed E-state index contributed by atoms with van der Waals surface area (Å²) < 4.78 is 0.934. The average Bonchev–Trinajstić information content (AvgIpc) is 2.84. The summed E-state index contributed by atoms with van der Waals surface area (Å²) in [5.41, 5.74) is 2.38. The molecule has 0 atom stereocenters. The minimum atomic E-state index is -0.169. The third-order valence-corrected chi connectivity index (χ3v) is 5.35. The van der Waals surface area contributed by atoms with E-state index in [0.29, 0.717) is 16.1 Å². The second-order valence-corrected chi connectivity index (χ2v) is 7.01. The number of anilines is 1. The molecule has 1 aromatic carbocycles. The molecule has 3 nitrogen and oxygen atoms in total. The number of carbonyl (C=O) groups is 1. The number of halogens is 1. The van der Waals surface area contributed by atoms with Gasteiger partial charge in [-0.3, -0.25) is 4.79 Å². The first-order chi connectivity index (χ1) is 10.2. The van der Waals surface area contributed by atoms with Gasteiger partial charge in [0.1, 0.15) is 11.1 Å². The van der Waals surface area contributed by atoms with Crippen molar-refractivity contribution in [2.45, 2.75) is 25.7 Å². The van der Waals surface area contributed by atoms with Gasteiger partial charge in [-0.25, -0.2) is 0 Å². The molecule has 0 bridgehead atoms. The molecule has 0 aliphatic heterocycles. The van der Waals surface area contributed by atoms with Crippen LogP contribution >= 0.6 is 27.3 Å². The van der Waals surface area contributed by atoms with E-state index in [-0.39, 0.29) is 5.91 Å². The Morgan fingerprint density at radius 3 is 2.67 bits per heavy atom. The van der Waals surface area contributed by atoms with Crippen LogP contribution in [0.4, 0.5) is 5.00 Å². The number of aryl methyl sites for hydroxylation is 1. The van der Waals surface area contributed by atoms with Crippen LogP contribution < -0.4 is 5.32 Å². The van der Waals surface area contributed by atoms with Gasteiger partial charge in [-0.2, -0.15) is 5.26 Å². The van der Waals surface area contributed by atoms with E-state index in [1.807, 2.05) is 12.1 Å². The van der Waals surface area contributed by atoms with Crippen LogP contribution in [0.15, 0.2) is 28.7 Å². The van der Waals surface area contributed by atoms with Crippen molar-refractivity contribution in [1.82, 2.24) is 0 Å². The van der Waals surface area contributed by atoms with E-state index in [1.165, 1.54) is 11.3 Å². The molecule has 1 aliphatic carbocycles. The molecular weight excluding hydrogens is 348 g/mol. The first kappa shape index (κ1) is 14.3. The Morgan fingerprint density at radius 1 is 1.24 bits per heavy atom. The summed E-state index contributed by atoms with van der Waals surface area (Å²) in [6.45, 7) is 0. The number of hydrogen-bond donors (Lipinski definition) is 1. The molecule has 1 amide bonds. The van der Waals surface area contributed by atoms with Crippen molar-refractivity contribution in [1.29, 1.82) is 5.26 Å². The topological polar surface area (TPSA) is 52.9 Å². The third kappa shape index (κ3) is 2.87. The maximum Gasteiger partial charge on any atom is 0.256 e. The molecule has 0 radical (unpaired) electrons. The second kappa shape index (κ2) is 6.00. The van der Waals surface area contributed by atoms with Gasteiger partial charge in [0.2, 0.25) is 0 Å². The highest BCUT2D eigenvalue weighted by molar-refractivity contribution is 9.10. The molecule has 3 rings (SSSR count). The zero-order valence-corrected chi connectivity index (χ0v) is 13.7. The van der Waals surface area contributed by atoms with Crippen LogP contribution in [0.3, 0.4) is 0 Å². The Labute approximate surface area is 135 Å². The summed E-state index contributed by atoms with van der Waals surface area (Å²) in [4.78, 5) is 13.5. The molecule has 0 saturated carbocycles. The van der Waals surface area contributed by atoms with Crippen LogP contribution in [-0.4, -0.2) is 5.91 Å². The number of rotatable bonds is 2. The molecular formula is C16H13BrN2OS. The highest BCUT2D eigenvalue weighted by atomic mass is 79.9. The second-order valence-electron chi connectivity index (χ2n) is 4.99. The number of fused-ring (bicyclic) bond motifs is 1. The van der Waals surface area contributed by atoms with Crippen LogP contribution in [0, 0.1) is 11.3 Å². The average molecular weight is 361 g/mol. The fourth-order valence-corrected chi connectivity index (χ4v) is 4.05. The predicted molar refractivity (Wildman–Crippen MR) is 87.8 cm³/mol. The van der Waals surface area contributed by atoms with Gasteiger partial charge in [-0.15, -0.1) is 11.3 Å². The summed E-state index contributed by atoms with van der Waals surface area (Å²) in [6, 6.07) is 9.45. The van der Waals surface area contributed by atoms with Crippen molar-refractivity contribution in [2.24, 2.45) is 0 Å². The minimum absolute atomic E-state index is 0.169. The van der Waals surface area contributed by atoms with E-state index in [0.717, 1.165) is 29.3 Å². The van der Waals surface area contributed by atoms with E-state index in [1.54, 1.807) is 23.5 Å². The normalized spacial score (nSPS) is 13.3. The lowest BCUT2D eigenvalue weighted by molar-refractivity contribution is 0.102. The van der Waals surface area contributed by atoms with Crippen molar-refractivity contribution in [3.05, 3.63) is 50.3 Å². The molecule has 1 aliphatic rings. The van der Waals surface area contributed by atoms with Crippen molar-refractivity contribution >= 4 is 38.2 Å². The summed E-state index contributed by atoms with van der Waals surface area (Å²) in [5, 5.41) is 13.0. The van der Waals surface area contributed by atoms with Gasteiger partial charge in [-0.1, -0.05) is 15.9 Å². The van der Waals surface area contributed by atoms with Gasteiger partial charge in [0.15, 0.2) is 0 Å². The minimum Gasteiger partial charge on any atom is -0.312 e. The Hall–Kier alpha value is -1.64. The number of hydrogen-bond acceptors (Lipinski definition) is 3. The van der Waals surface area contributed by atoms with E-state index in [9.17, 15) is 10.1 Å². The number of amides is 1.